The highest BCUT2D eigenvalue weighted by Crippen LogP contribution is 2.44. The number of nitrogens with zero attached hydrogens (tertiary/aromatic N) is 2. The first-order chi connectivity index (χ1) is 13.1. The summed E-state index contributed by atoms with van der Waals surface area (Å²) in [5.41, 5.74) is -0.239. The zero-order chi connectivity index (χ0) is 18.7. The number of hydrogen-bond donors (Lipinski definition) is 2. The van der Waals surface area contributed by atoms with E-state index in [9.17, 15) is 9.59 Å². The Hall–Kier alpha value is -2.35. The van der Waals surface area contributed by atoms with E-state index < -0.39 is 17.1 Å². The van der Waals surface area contributed by atoms with Gasteiger partial charge in [-0.2, -0.15) is 0 Å². The number of aromatic nitrogens is 2. The molecule has 7 nitrogen and oxygen atoms in total. The van der Waals surface area contributed by atoms with Gasteiger partial charge in [0, 0.05) is 19.1 Å². The van der Waals surface area contributed by atoms with Crippen molar-refractivity contribution in [3.05, 3.63) is 32.7 Å². The fraction of sp³-hybridized carbons (Fsp3) is 0.579. The molecule has 2 N–H and O–H groups in total. The molecule has 0 spiro atoms. The van der Waals surface area contributed by atoms with Crippen LogP contribution in [0.15, 0.2) is 15.7 Å². The summed E-state index contributed by atoms with van der Waals surface area (Å²) in [7, 11) is 1.48. The summed E-state index contributed by atoms with van der Waals surface area (Å²) >= 11 is 0. The van der Waals surface area contributed by atoms with Crippen LogP contribution in [-0.4, -0.2) is 42.8 Å². The number of benzene rings is 1. The standard InChI is InChI=1S/C19H23FN4O3/c1-27-17-15-13(18(25)22-19(26)24(15)12-2-3-12)6-14(20)16(17)23-8-10-4-5-21-7-11(10)9-23/h6,10-12,21H,2-5,7-9H2,1H3,(H,22,25,26). The third-order valence-corrected chi connectivity index (χ3v) is 6.21. The second kappa shape index (κ2) is 6.09. The maximum Gasteiger partial charge on any atom is 0.329 e. The van der Waals surface area contributed by atoms with Crippen LogP contribution < -0.4 is 26.2 Å². The number of halogens is 1. The van der Waals surface area contributed by atoms with Gasteiger partial charge in [-0.05, 0) is 50.3 Å². The third kappa shape index (κ3) is 2.57. The number of nitrogens with one attached hydrogen (secondary N) is 2. The molecule has 144 valence electrons. The fourth-order valence-electron chi connectivity index (χ4n) is 4.77. The molecule has 2 aromatic rings. The van der Waals surface area contributed by atoms with Crippen LogP contribution in [0.1, 0.15) is 25.3 Å². The van der Waals surface area contributed by atoms with Crippen molar-refractivity contribution in [3.8, 4) is 5.75 Å². The highest BCUT2D eigenvalue weighted by atomic mass is 19.1. The van der Waals surface area contributed by atoms with E-state index in [1.165, 1.54) is 13.2 Å². The number of H-pyrrole nitrogens is 1. The van der Waals surface area contributed by atoms with Gasteiger partial charge in [0.25, 0.3) is 5.56 Å². The van der Waals surface area contributed by atoms with Gasteiger partial charge in [0.1, 0.15) is 11.2 Å². The van der Waals surface area contributed by atoms with E-state index in [1.54, 1.807) is 4.57 Å². The first-order valence-corrected chi connectivity index (χ1v) is 9.59. The quantitative estimate of drug-likeness (QED) is 0.845. The minimum Gasteiger partial charge on any atom is -0.492 e. The lowest BCUT2D eigenvalue weighted by atomic mass is 9.90. The first kappa shape index (κ1) is 16.8. The van der Waals surface area contributed by atoms with Crippen LogP contribution in [0.3, 0.4) is 0 Å². The number of anilines is 1. The Balaban J connectivity index is 1.73. The summed E-state index contributed by atoms with van der Waals surface area (Å²) in [6.07, 6.45) is 2.82. The van der Waals surface area contributed by atoms with Crippen LogP contribution in [0.2, 0.25) is 0 Å². The average molecular weight is 374 g/mol. The lowest BCUT2D eigenvalue weighted by Crippen LogP contribution is -2.35. The van der Waals surface area contributed by atoms with E-state index in [1.807, 2.05) is 4.90 Å². The first-order valence-electron chi connectivity index (χ1n) is 9.59. The van der Waals surface area contributed by atoms with E-state index in [0.29, 0.717) is 28.8 Å². The van der Waals surface area contributed by atoms with Crippen LogP contribution >= 0.6 is 0 Å². The maximum atomic E-state index is 15.1. The van der Waals surface area contributed by atoms with Gasteiger partial charge in [0.2, 0.25) is 0 Å². The van der Waals surface area contributed by atoms with Crippen molar-refractivity contribution < 1.29 is 9.13 Å². The van der Waals surface area contributed by atoms with Crippen molar-refractivity contribution in [2.75, 3.05) is 38.2 Å². The van der Waals surface area contributed by atoms with Crippen molar-refractivity contribution in [2.24, 2.45) is 11.8 Å². The zero-order valence-corrected chi connectivity index (χ0v) is 15.3. The molecular formula is C19H23FN4O3. The van der Waals surface area contributed by atoms with E-state index in [4.69, 9.17) is 4.74 Å². The summed E-state index contributed by atoms with van der Waals surface area (Å²) in [5, 5.41) is 3.57. The van der Waals surface area contributed by atoms with Gasteiger partial charge < -0.3 is 15.0 Å². The number of rotatable bonds is 3. The minimum atomic E-state index is -0.574. The number of fused-ring (bicyclic) bond motifs is 2. The lowest BCUT2D eigenvalue weighted by molar-refractivity contribution is 0.318. The van der Waals surface area contributed by atoms with E-state index in [2.05, 4.69) is 10.3 Å². The summed E-state index contributed by atoms with van der Waals surface area (Å²) < 4.78 is 22.3. The van der Waals surface area contributed by atoms with E-state index in [-0.39, 0.29) is 11.4 Å². The molecule has 0 bridgehead atoms. The molecule has 1 aromatic heterocycles. The summed E-state index contributed by atoms with van der Waals surface area (Å²) in [5.74, 6) is 0.823. The minimum absolute atomic E-state index is 0.0365. The summed E-state index contributed by atoms with van der Waals surface area (Å²) in [4.78, 5) is 29.1. The van der Waals surface area contributed by atoms with Crippen molar-refractivity contribution in [1.29, 1.82) is 0 Å². The molecule has 1 aliphatic carbocycles. The van der Waals surface area contributed by atoms with Crippen LogP contribution in [0.4, 0.5) is 10.1 Å². The molecule has 3 heterocycles. The number of piperidine rings is 1. The molecule has 27 heavy (non-hydrogen) atoms. The second-order valence-electron chi connectivity index (χ2n) is 7.91. The van der Waals surface area contributed by atoms with E-state index >= 15 is 4.39 Å². The Kier molecular flexibility index (Phi) is 3.79. The molecule has 8 heteroatoms. The number of methoxy groups -OCH3 is 1. The Morgan fingerprint density at radius 2 is 1.96 bits per heavy atom. The largest absolute Gasteiger partial charge is 0.492 e. The Bertz CT molecular complexity index is 1010. The Labute approximate surface area is 155 Å². The molecule has 0 amide bonds. The molecule has 3 fully saturated rings. The third-order valence-electron chi connectivity index (χ3n) is 6.21. The van der Waals surface area contributed by atoms with Crippen LogP contribution in [-0.2, 0) is 0 Å². The van der Waals surface area contributed by atoms with Gasteiger partial charge in [0.05, 0.1) is 12.5 Å². The molecule has 3 aliphatic rings. The van der Waals surface area contributed by atoms with Crippen LogP contribution in [0.5, 0.6) is 5.75 Å². The lowest BCUT2D eigenvalue weighted by Gasteiger charge is -2.24. The van der Waals surface area contributed by atoms with E-state index in [0.717, 1.165) is 45.4 Å². The van der Waals surface area contributed by atoms with Gasteiger partial charge in [-0.25, -0.2) is 9.18 Å². The molecule has 2 unspecified atom stereocenters. The van der Waals surface area contributed by atoms with Crippen molar-refractivity contribution in [3.63, 3.8) is 0 Å². The number of ether oxygens (including phenoxy) is 1. The average Bonchev–Trinajstić information content (AvgIpc) is 3.39. The monoisotopic (exact) mass is 374 g/mol. The Morgan fingerprint density at radius 1 is 1.19 bits per heavy atom. The molecule has 2 aliphatic heterocycles. The Morgan fingerprint density at radius 3 is 2.67 bits per heavy atom. The normalized spacial score (nSPS) is 25.0. The molecule has 2 atom stereocenters. The number of aromatic amines is 1. The predicted octanol–water partition coefficient (Wildman–Crippen LogP) is 1.22. The molecule has 1 aromatic carbocycles. The predicted molar refractivity (Wildman–Crippen MR) is 100 cm³/mol. The van der Waals surface area contributed by atoms with Crippen molar-refractivity contribution in [2.45, 2.75) is 25.3 Å². The summed E-state index contributed by atoms with van der Waals surface area (Å²) in [6, 6.07) is 1.29. The maximum absolute atomic E-state index is 15.1. The molecule has 1 saturated carbocycles. The van der Waals surface area contributed by atoms with Crippen molar-refractivity contribution >= 4 is 16.6 Å². The molecule has 2 saturated heterocycles. The van der Waals surface area contributed by atoms with Gasteiger partial charge in [-0.15, -0.1) is 0 Å². The molecular weight excluding hydrogens is 351 g/mol. The van der Waals surface area contributed by atoms with Gasteiger partial charge in [0.15, 0.2) is 11.6 Å². The smallest absolute Gasteiger partial charge is 0.329 e. The zero-order valence-electron chi connectivity index (χ0n) is 15.3. The van der Waals surface area contributed by atoms with Gasteiger partial charge in [-0.3, -0.25) is 14.3 Å². The molecule has 0 radical (unpaired) electrons. The molecule has 5 rings (SSSR count). The van der Waals surface area contributed by atoms with Gasteiger partial charge >= 0.3 is 5.69 Å². The van der Waals surface area contributed by atoms with Crippen LogP contribution in [0, 0.1) is 17.7 Å². The fourth-order valence-corrected chi connectivity index (χ4v) is 4.77. The second-order valence-corrected chi connectivity index (χ2v) is 7.91. The SMILES string of the molecule is COc1c(N2CC3CCNCC3C2)c(F)cc2c(=O)[nH]c(=O)n(C3CC3)c12. The highest BCUT2D eigenvalue weighted by Gasteiger charge is 2.38. The van der Waals surface area contributed by atoms with Gasteiger partial charge in [-0.1, -0.05) is 0 Å². The van der Waals surface area contributed by atoms with Crippen LogP contribution in [0.25, 0.3) is 10.9 Å². The number of hydrogen-bond acceptors (Lipinski definition) is 5. The van der Waals surface area contributed by atoms with Crippen molar-refractivity contribution in [1.82, 2.24) is 14.9 Å². The topological polar surface area (TPSA) is 79.4 Å². The summed E-state index contributed by atoms with van der Waals surface area (Å²) in [6.45, 7) is 3.43. The highest BCUT2D eigenvalue weighted by molar-refractivity contribution is 5.91.